The first-order chi connectivity index (χ1) is 9.56. The van der Waals surface area contributed by atoms with Crippen LogP contribution >= 0.6 is 0 Å². The lowest BCUT2D eigenvalue weighted by atomic mass is 10.0. The third-order valence-corrected chi connectivity index (χ3v) is 4.15. The van der Waals surface area contributed by atoms with Gasteiger partial charge in [0, 0.05) is 11.7 Å². The molecule has 1 aromatic rings. The molecule has 0 spiro atoms. The van der Waals surface area contributed by atoms with Crippen molar-refractivity contribution >= 4 is 11.6 Å². The van der Waals surface area contributed by atoms with Gasteiger partial charge in [0.25, 0.3) is 0 Å². The summed E-state index contributed by atoms with van der Waals surface area (Å²) in [4.78, 5) is 14.4. The fourth-order valence-corrected chi connectivity index (χ4v) is 2.73. The summed E-state index contributed by atoms with van der Waals surface area (Å²) in [5.41, 5.74) is 2.19. The van der Waals surface area contributed by atoms with Gasteiger partial charge in [-0.1, -0.05) is 32.4 Å². The zero-order valence-corrected chi connectivity index (χ0v) is 12.9. The molecule has 1 fully saturated rings. The lowest BCUT2D eigenvalue weighted by Gasteiger charge is -2.32. The summed E-state index contributed by atoms with van der Waals surface area (Å²) in [5.74, 6) is 0.616. The Bertz CT molecular complexity index is 439. The highest BCUT2D eigenvalue weighted by molar-refractivity contribution is 5.92. The standard InChI is InChI=1S/C17H26N2O/c1-13(2)15-7-9-16(10-8-15)18-17(20)12-19-11-5-4-6-14(19)3/h7-10,13-14H,4-6,11-12H2,1-3H3,(H,18,20)/t14-/m0/s1. The summed E-state index contributed by atoms with van der Waals surface area (Å²) in [6, 6.07) is 8.69. The lowest BCUT2D eigenvalue weighted by molar-refractivity contribution is -0.118. The van der Waals surface area contributed by atoms with Crippen molar-refractivity contribution in [3.05, 3.63) is 29.8 Å². The molecule has 3 heteroatoms. The second-order valence-corrected chi connectivity index (χ2v) is 6.14. The summed E-state index contributed by atoms with van der Waals surface area (Å²) >= 11 is 0. The number of hydrogen-bond donors (Lipinski definition) is 1. The van der Waals surface area contributed by atoms with Crippen LogP contribution in [0.3, 0.4) is 0 Å². The third kappa shape index (κ3) is 4.07. The van der Waals surface area contributed by atoms with Crippen LogP contribution in [0.4, 0.5) is 5.69 Å². The second kappa shape index (κ2) is 6.89. The first-order valence-electron chi connectivity index (χ1n) is 7.70. The normalized spacial score (nSPS) is 20.1. The van der Waals surface area contributed by atoms with Crippen LogP contribution in [0.5, 0.6) is 0 Å². The minimum Gasteiger partial charge on any atom is -0.325 e. The summed E-state index contributed by atoms with van der Waals surface area (Å²) in [7, 11) is 0. The van der Waals surface area contributed by atoms with E-state index < -0.39 is 0 Å². The van der Waals surface area contributed by atoms with E-state index in [9.17, 15) is 4.79 Å². The predicted molar refractivity (Wildman–Crippen MR) is 84.0 cm³/mol. The molecule has 1 amide bonds. The number of carbonyl (C=O) groups excluding carboxylic acids is 1. The number of hydrogen-bond acceptors (Lipinski definition) is 2. The van der Waals surface area contributed by atoms with Crippen molar-refractivity contribution in [2.75, 3.05) is 18.4 Å². The Morgan fingerprint density at radius 3 is 2.60 bits per heavy atom. The van der Waals surface area contributed by atoms with Crippen LogP contribution < -0.4 is 5.32 Å². The molecule has 1 aliphatic rings. The summed E-state index contributed by atoms with van der Waals surface area (Å²) in [5, 5.41) is 3.00. The molecule has 0 aromatic heterocycles. The van der Waals surface area contributed by atoms with Crippen LogP contribution in [0.25, 0.3) is 0 Å². The van der Waals surface area contributed by atoms with Gasteiger partial charge < -0.3 is 5.32 Å². The van der Waals surface area contributed by atoms with E-state index in [4.69, 9.17) is 0 Å². The minimum atomic E-state index is 0.0936. The highest BCUT2D eigenvalue weighted by Crippen LogP contribution is 2.18. The van der Waals surface area contributed by atoms with Crippen molar-refractivity contribution in [3.63, 3.8) is 0 Å². The molecule has 1 atom stereocenters. The maximum absolute atomic E-state index is 12.1. The summed E-state index contributed by atoms with van der Waals surface area (Å²) in [6.07, 6.45) is 3.70. The Kier molecular flexibility index (Phi) is 5.18. The molecule has 1 saturated heterocycles. The topological polar surface area (TPSA) is 32.3 Å². The van der Waals surface area contributed by atoms with Gasteiger partial charge in [-0.15, -0.1) is 0 Å². The zero-order chi connectivity index (χ0) is 14.5. The van der Waals surface area contributed by atoms with Gasteiger partial charge in [-0.3, -0.25) is 9.69 Å². The maximum atomic E-state index is 12.1. The van der Waals surface area contributed by atoms with Gasteiger partial charge in [0.1, 0.15) is 0 Å². The van der Waals surface area contributed by atoms with Crippen molar-refractivity contribution in [3.8, 4) is 0 Å². The molecule has 1 aromatic carbocycles. The number of likely N-dealkylation sites (tertiary alicyclic amines) is 1. The molecule has 0 unspecified atom stereocenters. The number of nitrogens with one attached hydrogen (secondary N) is 1. The van der Waals surface area contributed by atoms with Crippen molar-refractivity contribution in [1.29, 1.82) is 0 Å². The van der Waals surface area contributed by atoms with E-state index in [2.05, 4.69) is 43.1 Å². The van der Waals surface area contributed by atoms with Crippen molar-refractivity contribution in [2.24, 2.45) is 0 Å². The largest absolute Gasteiger partial charge is 0.325 e. The molecular formula is C17H26N2O. The van der Waals surface area contributed by atoms with E-state index >= 15 is 0 Å². The quantitative estimate of drug-likeness (QED) is 0.909. The molecule has 0 bridgehead atoms. The van der Waals surface area contributed by atoms with Gasteiger partial charge in [-0.25, -0.2) is 0 Å². The molecule has 0 saturated carbocycles. The first-order valence-corrected chi connectivity index (χ1v) is 7.70. The monoisotopic (exact) mass is 274 g/mol. The average molecular weight is 274 g/mol. The summed E-state index contributed by atoms with van der Waals surface area (Å²) < 4.78 is 0. The van der Waals surface area contributed by atoms with Crippen LogP contribution in [0, 0.1) is 0 Å². The van der Waals surface area contributed by atoms with Crippen LogP contribution in [-0.4, -0.2) is 29.9 Å². The van der Waals surface area contributed by atoms with Crippen LogP contribution in [-0.2, 0) is 4.79 Å². The van der Waals surface area contributed by atoms with Gasteiger partial charge in [0.2, 0.25) is 5.91 Å². The zero-order valence-electron chi connectivity index (χ0n) is 12.9. The van der Waals surface area contributed by atoms with E-state index in [-0.39, 0.29) is 5.91 Å². The molecule has 1 heterocycles. The van der Waals surface area contributed by atoms with E-state index in [1.165, 1.54) is 24.8 Å². The number of rotatable bonds is 4. The number of carbonyl (C=O) groups is 1. The van der Waals surface area contributed by atoms with Gasteiger partial charge >= 0.3 is 0 Å². The number of piperidine rings is 1. The Hall–Kier alpha value is -1.35. The van der Waals surface area contributed by atoms with E-state index in [0.29, 0.717) is 18.5 Å². The SMILES string of the molecule is CC(C)c1ccc(NC(=O)CN2CCCC[C@@H]2C)cc1. The molecule has 1 aliphatic heterocycles. The number of amides is 1. The van der Waals surface area contributed by atoms with Crippen molar-refractivity contribution < 1.29 is 4.79 Å². The Morgan fingerprint density at radius 2 is 2.00 bits per heavy atom. The van der Waals surface area contributed by atoms with Crippen molar-refractivity contribution in [2.45, 2.75) is 52.0 Å². The molecular weight excluding hydrogens is 248 g/mol. The molecule has 2 rings (SSSR count). The van der Waals surface area contributed by atoms with E-state index in [1.54, 1.807) is 0 Å². The molecule has 1 N–H and O–H groups in total. The van der Waals surface area contributed by atoms with E-state index in [0.717, 1.165) is 12.2 Å². The maximum Gasteiger partial charge on any atom is 0.238 e. The van der Waals surface area contributed by atoms with Gasteiger partial charge in [-0.2, -0.15) is 0 Å². The highest BCUT2D eigenvalue weighted by Gasteiger charge is 2.20. The Labute approximate surface area is 122 Å². The second-order valence-electron chi connectivity index (χ2n) is 6.14. The average Bonchev–Trinajstić information content (AvgIpc) is 2.42. The fourth-order valence-electron chi connectivity index (χ4n) is 2.73. The Balaban J connectivity index is 1.87. The third-order valence-electron chi connectivity index (χ3n) is 4.15. The van der Waals surface area contributed by atoms with Crippen LogP contribution in [0.1, 0.15) is 51.5 Å². The van der Waals surface area contributed by atoms with Crippen LogP contribution in [0.2, 0.25) is 0 Å². The molecule has 110 valence electrons. The van der Waals surface area contributed by atoms with Gasteiger partial charge in [0.05, 0.1) is 6.54 Å². The minimum absolute atomic E-state index is 0.0936. The van der Waals surface area contributed by atoms with Gasteiger partial charge in [0.15, 0.2) is 0 Å². The predicted octanol–water partition coefficient (Wildman–Crippen LogP) is 3.62. The smallest absolute Gasteiger partial charge is 0.238 e. The molecule has 0 radical (unpaired) electrons. The first kappa shape index (κ1) is 15.0. The van der Waals surface area contributed by atoms with Crippen LogP contribution in [0.15, 0.2) is 24.3 Å². The van der Waals surface area contributed by atoms with Crippen molar-refractivity contribution in [1.82, 2.24) is 4.90 Å². The lowest BCUT2D eigenvalue weighted by Crippen LogP contribution is -2.42. The molecule has 20 heavy (non-hydrogen) atoms. The number of anilines is 1. The fraction of sp³-hybridized carbons (Fsp3) is 0.588. The number of nitrogens with zero attached hydrogens (tertiary/aromatic N) is 1. The van der Waals surface area contributed by atoms with Gasteiger partial charge in [-0.05, 0) is 49.9 Å². The highest BCUT2D eigenvalue weighted by atomic mass is 16.2. The molecule has 3 nitrogen and oxygen atoms in total. The summed E-state index contributed by atoms with van der Waals surface area (Å²) in [6.45, 7) is 8.11. The van der Waals surface area contributed by atoms with E-state index in [1.807, 2.05) is 12.1 Å². The molecule has 0 aliphatic carbocycles. The Morgan fingerprint density at radius 1 is 1.30 bits per heavy atom. The number of benzene rings is 1.